The summed E-state index contributed by atoms with van der Waals surface area (Å²) in [6.45, 7) is 5.31. The lowest BCUT2D eigenvalue weighted by molar-refractivity contribution is -0.147. The van der Waals surface area contributed by atoms with Gasteiger partial charge in [-0.25, -0.2) is 18.4 Å². The molecule has 3 heterocycles. The minimum Gasteiger partial charge on any atom is -0.444 e. The van der Waals surface area contributed by atoms with Gasteiger partial charge >= 0.3 is 24.1 Å². The number of nitrogens with zero attached hydrogens (tertiary/aromatic N) is 5. The number of piperazine rings is 1. The van der Waals surface area contributed by atoms with Crippen molar-refractivity contribution in [2.45, 2.75) is 69.2 Å². The molecule has 8 nitrogen and oxygen atoms in total. The molecule has 48 heavy (non-hydrogen) atoms. The first-order valence-electron chi connectivity index (χ1n) is 14.9. The monoisotopic (exact) mass is 707 g/mol. The Bertz CT molecular complexity index is 1790. The highest BCUT2D eigenvalue weighted by atomic mass is 32.2. The van der Waals surface area contributed by atoms with E-state index < -0.39 is 76.7 Å². The lowest BCUT2D eigenvalue weighted by Gasteiger charge is -2.41. The number of anilines is 1. The van der Waals surface area contributed by atoms with Gasteiger partial charge in [0.25, 0.3) is 0 Å². The number of halogens is 8. The molecule has 0 bridgehead atoms. The molecule has 2 aliphatic heterocycles. The van der Waals surface area contributed by atoms with E-state index in [1.807, 2.05) is 0 Å². The van der Waals surface area contributed by atoms with E-state index in [0.29, 0.717) is 6.07 Å². The van der Waals surface area contributed by atoms with Crippen molar-refractivity contribution in [2.24, 2.45) is 0 Å². The SMILES string of the molecule is C[C@H]1CN(C(=O)OC(C)(C)C)CCN1c1nc(=O)n2c3c(c(-c4ccc(F)cc4F)c(C(F)(F)F)cc13)SC[C@@H](N(C)CC(F)(F)F)C2. The average Bonchev–Trinajstić information content (AvgIpc) is 3.14. The summed E-state index contributed by atoms with van der Waals surface area (Å²) >= 11 is 0.759. The average molecular weight is 708 g/mol. The Labute approximate surface area is 274 Å². The van der Waals surface area contributed by atoms with Crippen molar-refractivity contribution in [1.82, 2.24) is 19.4 Å². The van der Waals surface area contributed by atoms with E-state index in [4.69, 9.17) is 4.74 Å². The smallest absolute Gasteiger partial charge is 0.417 e. The van der Waals surface area contributed by atoms with Crippen LogP contribution in [0.25, 0.3) is 22.0 Å². The van der Waals surface area contributed by atoms with Crippen LogP contribution in [0, 0.1) is 11.6 Å². The maximum absolute atomic E-state index is 15.3. The molecule has 0 N–H and O–H groups in total. The van der Waals surface area contributed by atoms with Crippen molar-refractivity contribution in [1.29, 1.82) is 0 Å². The fourth-order valence-electron chi connectivity index (χ4n) is 5.99. The van der Waals surface area contributed by atoms with Crippen LogP contribution in [0.3, 0.4) is 0 Å². The molecular weight excluding hydrogens is 674 g/mol. The van der Waals surface area contributed by atoms with Crippen molar-refractivity contribution < 1.29 is 44.7 Å². The molecule has 1 amide bonds. The van der Waals surface area contributed by atoms with E-state index >= 15 is 4.39 Å². The predicted octanol–water partition coefficient (Wildman–Crippen LogP) is 6.77. The van der Waals surface area contributed by atoms with Gasteiger partial charge in [0.05, 0.1) is 17.6 Å². The summed E-state index contributed by atoms with van der Waals surface area (Å²) in [7, 11) is 1.19. The molecule has 0 spiro atoms. The van der Waals surface area contributed by atoms with Gasteiger partial charge in [-0.1, -0.05) is 0 Å². The Hall–Kier alpha value is -3.60. The summed E-state index contributed by atoms with van der Waals surface area (Å²) in [5, 5.41) is -0.132. The lowest BCUT2D eigenvalue weighted by Crippen LogP contribution is -2.55. The summed E-state index contributed by atoms with van der Waals surface area (Å²) in [6, 6.07) is 1.29. The third kappa shape index (κ3) is 7.36. The molecule has 0 saturated carbocycles. The third-order valence-electron chi connectivity index (χ3n) is 8.12. The number of ether oxygens (including phenoxy) is 1. The van der Waals surface area contributed by atoms with Gasteiger partial charge in [-0.05, 0) is 52.9 Å². The Morgan fingerprint density at radius 3 is 2.33 bits per heavy atom. The summed E-state index contributed by atoms with van der Waals surface area (Å²) in [5.74, 6) is -2.63. The third-order valence-corrected chi connectivity index (χ3v) is 9.36. The molecule has 0 unspecified atom stereocenters. The maximum Gasteiger partial charge on any atom is 0.417 e. The van der Waals surface area contributed by atoms with E-state index in [1.54, 1.807) is 32.6 Å². The van der Waals surface area contributed by atoms with Crippen molar-refractivity contribution in [2.75, 3.05) is 43.9 Å². The molecule has 2 aromatic carbocycles. The lowest BCUT2D eigenvalue weighted by atomic mass is 9.95. The number of hydrogen-bond acceptors (Lipinski definition) is 7. The standard InChI is InChI=1S/C31H33F8N5O3S/c1-16-12-42(28(46)47-29(2,3)4)8-9-43(16)26-20-11-21(31(37,38)39)23(19-7-6-17(32)10-22(19)33)25-24(20)44(27(45)40-26)13-18(14-48-25)41(5)15-30(34,35)36/h6-7,10-11,16,18H,8-9,12-15H2,1-5H3/t16-,18-/m0/s1. The minimum atomic E-state index is -5.08. The quantitative estimate of drug-likeness (QED) is 0.277. The highest BCUT2D eigenvalue weighted by Crippen LogP contribution is 2.49. The first kappa shape index (κ1) is 35.7. The molecule has 1 aromatic heterocycles. The molecule has 5 rings (SSSR count). The molecule has 2 atom stereocenters. The summed E-state index contributed by atoms with van der Waals surface area (Å²) in [4.78, 5) is 34.4. The van der Waals surface area contributed by atoms with Crippen molar-refractivity contribution in [3.05, 3.63) is 51.9 Å². The molecule has 17 heteroatoms. The number of hydrogen-bond donors (Lipinski definition) is 0. The number of carbonyl (C=O) groups is 1. The van der Waals surface area contributed by atoms with Crippen LogP contribution >= 0.6 is 11.8 Å². The second-order valence-corrected chi connectivity index (χ2v) is 14.0. The second kappa shape index (κ2) is 12.7. The normalized spacial score (nSPS) is 19.2. The van der Waals surface area contributed by atoms with Gasteiger partial charge in [0.15, 0.2) is 0 Å². The zero-order valence-electron chi connectivity index (χ0n) is 26.6. The highest BCUT2D eigenvalue weighted by Gasteiger charge is 2.41. The van der Waals surface area contributed by atoms with E-state index in [0.717, 1.165) is 39.4 Å². The number of likely N-dealkylation sites (N-methyl/N-ethyl adjacent to an activating group) is 1. The number of aromatic nitrogens is 2. The fraction of sp³-hybridized carbons (Fsp3) is 0.516. The zero-order valence-corrected chi connectivity index (χ0v) is 27.4. The Kier molecular flexibility index (Phi) is 9.44. The molecule has 1 fully saturated rings. The Balaban J connectivity index is 1.73. The number of benzene rings is 2. The number of thioether (sulfide) groups is 1. The van der Waals surface area contributed by atoms with E-state index in [-0.39, 0.29) is 53.5 Å². The van der Waals surface area contributed by atoms with E-state index in [2.05, 4.69) is 4.98 Å². The summed E-state index contributed by atoms with van der Waals surface area (Å²) in [5.41, 5.74) is -4.32. The van der Waals surface area contributed by atoms with Crippen LogP contribution in [-0.2, 0) is 17.5 Å². The molecule has 3 aromatic rings. The van der Waals surface area contributed by atoms with Crippen LogP contribution in [0.1, 0.15) is 33.3 Å². The number of alkyl halides is 6. The Morgan fingerprint density at radius 1 is 1.06 bits per heavy atom. The van der Waals surface area contributed by atoms with E-state index in [9.17, 15) is 40.3 Å². The summed E-state index contributed by atoms with van der Waals surface area (Å²) < 4.78 is 120. The molecular formula is C31H33F8N5O3S. The van der Waals surface area contributed by atoms with Gasteiger partial charge in [0.2, 0.25) is 0 Å². The van der Waals surface area contributed by atoms with Gasteiger partial charge in [-0.2, -0.15) is 31.3 Å². The van der Waals surface area contributed by atoms with Crippen LogP contribution in [0.15, 0.2) is 34.0 Å². The predicted molar refractivity (Wildman–Crippen MR) is 164 cm³/mol. The maximum atomic E-state index is 15.3. The van der Waals surface area contributed by atoms with Gasteiger partial charge < -0.3 is 14.5 Å². The van der Waals surface area contributed by atoms with Crippen LogP contribution in [-0.4, -0.2) is 88.3 Å². The van der Waals surface area contributed by atoms with Gasteiger partial charge in [-0.3, -0.25) is 9.47 Å². The molecule has 1 saturated heterocycles. The van der Waals surface area contributed by atoms with Crippen LogP contribution in [0.2, 0.25) is 0 Å². The van der Waals surface area contributed by atoms with Crippen molar-refractivity contribution in [3.63, 3.8) is 0 Å². The molecule has 2 aliphatic rings. The van der Waals surface area contributed by atoms with Gasteiger partial charge in [0.1, 0.15) is 23.1 Å². The largest absolute Gasteiger partial charge is 0.444 e. The highest BCUT2D eigenvalue weighted by molar-refractivity contribution is 7.99. The van der Waals surface area contributed by atoms with Crippen LogP contribution < -0.4 is 10.6 Å². The zero-order chi connectivity index (χ0) is 35.5. The molecule has 0 aliphatic carbocycles. The van der Waals surface area contributed by atoms with Crippen molar-refractivity contribution in [3.8, 4) is 11.1 Å². The first-order valence-corrected chi connectivity index (χ1v) is 15.9. The first-order chi connectivity index (χ1) is 22.1. The number of amides is 1. The van der Waals surface area contributed by atoms with Crippen LogP contribution in [0.4, 0.5) is 45.7 Å². The Morgan fingerprint density at radius 2 is 1.75 bits per heavy atom. The second-order valence-electron chi connectivity index (χ2n) is 12.9. The number of rotatable bonds is 4. The number of carbonyl (C=O) groups excluding carboxylic acids is 1. The molecule has 262 valence electrons. The minimum absolute atomic E-state index is 0.0566. The van der Waals surface area contributed by atoms with E-state index in [1.165, 1.54) is 11.9 Å². The van der Waals surface area contributed by atoms with Crippen molar-refractivity contribution >= 4 is 34.6 Å². The topological polar surface area (TPSA) is 70.9 Å². The van der Waals surface area contributed by atoms with Gasteiger partial charge in [-0.15, -0.1) is 11.8 Å². The van der Waals surface area contributed by atoms with Crippen LogP contribution in [0.5, 0.6) is 0 Å². The fourth-order valence-corrected chi connectivity index (χ4v) is 7.43. The molecule has 0 radical (unpaired) electrons. The van der Waals surface area contributed by atoms with Gasteiger partial charge in [0, 0.05) is 71.5 Å². The summed E-state index contributed by atoms with van der Waals surface area (Å²) in [6.07, 6.45) is -10.3.